The van der Waals surface area contributed by atoms with Gasteiger partial charge in [0.1, 0.15) is 0 Å². The number of hydrogen-bond acceptors (Lipinski definition) is 7. The molecule has 1 amide bonds. The van der Waals surface area contributed by atoms with Gasteiger partial charge in [-0.1, -0.05) is 31.2 Å². The summed E-state index contributed by atoms with van der Waals surface area (Å²) < 4.78 is 16.1. The maximum absolute atomic E-state index is 13.0. The van der Waals surface area contributed by atoms with E-state index in [0.717, 1.165) is 26.1 Å². The van der Waals surface area contributed by atoms with Crippen LogP contribution in [0.4, 0.5) is 0 Å². The number of carboxylic acid groups (broad SMARTS) is 2. The fourth-order valence-electron chi connectivity index (χ4n) is 3.63. The molecule has 2 aromatic rings. The Bertz CT molecular complexity index is 978. The van der Waals surface area contributed by atoms with Gasteiger partial charge in [-0.2, -0.15) is 0 Å². The molecule has 2 aromatic carbocycles. The molecule has 0 saturated carbocycles. The van der Waals surface area contributed by atoms with Crippen molar-refractivity contribution in [2.24, 2.45) is 0 Å². The zero-order chi connectivity index (χ0) is 26.0. The number of piperazine rings is 1. The number of rotatable bonds is 7. The minimum absolute atomic E-state index is 0.0174. The summed E-state index contributed by atoms with van der Waals surface area (Å²) >= 11 is 0. The Morgan fingerprint density at radius 1 is 0.800 bits per heavy atom. The van der Waals surface area contributed by atoms with E-state index >= 15 is 0 Å². The number of benzene rings is 2. The molecule has 0 radical (unpaired) electrons. The van der Waals surface area contributed by atoms with Crippen LogP contribution in [0.25, 0.3) is 0 Å². The third-order valence-corrected chi connectivity index (χ3v) is 5.59. The van der Waals surface area contributed by atoms with Crippen molar-refractivity contribution in [3.63, 3.8) is 0 Å². The van der Waals surface area contributed by atoms with Crippen LogP contribution >= 0.6 is 0 Å². The fraction of sp³-hybridized carbons (Fsp3) is 0.400. The summed E-state index contributed by atoms with van der Waals surface area (Å²) in [5, 5.41) is 14.8. The molecule has 0 unspecified atom stereocenters. The summed E-state index contributed by atoms with van der Waals surface area (Å²) in [4.78, 5) is 35.5. The summed E-state index contributed by atoms with van der Waals surface area (Å²) in [5.74, 6) is -2.19. The zero-order valence-corrected chi connectivity index (χ0v) is 20.4. The first kappa shape index (κ1) is 27.5. The van der Waals surface area contributed by atoms with Crippen LogP contribution in [0, 0.1) is 0 Å². The normalized spacial score (nSPS) is 13.3. The van der Waals surface area contributed by atoms with Crippen molar-refractivity contribution in [1.29, 1.82) is 0 Å². The van der Waals surface area contributed by atoms with E-state index in [0.29, 0.717) is 35.9 Å². The minimum Gasteiger partial charge on any atom is -0.493 e. The van der Waals surface area contributed by atoms with Gasteiger partial charge in [0.25, 0.3) is 5.91 Å². The van der Waals surface area contributed by atoms with Gasteiger partial charge >= 0.3 is 11.9 Å². The van der Waals surface area contributed by atoms with Crippen molar-refractivity contribution >= 4 is 17.8 Å². The summed E-state index contributed by atoms with van der Waals surface area (Å²) in [6.07, 6.45) is 1.06. The van der Waals surface area contributed by atoms with Gasteiger partial charge in [0.05, 0.1) is 21.3 Å². The molecule has 10 heteroatoms. The average Bonchev–Trinajstić information content (AvgIpc) is 2.88. The van der Waals surface area contributed by atoms with E-state index in [1.54, 1.807) is 33.5 Å². The van der Waals surface area contributed by atoms with Crippen LogP contribution in [0.5, 0.6) is 17.2 Å². The molecule has 0 aromatic heterocycles. The van der Waals surface area contributed by atoms with E-state index in [9.17, 15) is 4.79 Å². The predicted octanol–water partition coefficient (Wildman–Crippen LogP) is 2.39. The van der Waals surface area contributed by atoms with Gasteiger partial charge in [0.15, 0.2) is 11.5 Å². The van der Waals surface area contributed by atoms with Crippen LogP contribution in [-0.4, -0.2) is 85.4 Å². The standard InChI is InChI=1S/C23H30N2O4.C2H2O4/c1-5-17-6-8-18(9-7-17)16-24-10-12-25(13-11-24)23(26)19-14-20(27-2)22(29-4)21(15-19)28-3;3-1(4)2(5)6/h6-9,14-15H,5,10-13,16H2,1-4H3;(H,3,4)(H,5,6). The van der Waals surface area contributed by atoms with Gasteiger partial charge in [-0.25, -0.2) is 9.59 Å². The molecule has 35 heavy (non-hydrogen) atoms. The first-order valence-electron chi connectivity index (χ1n) is 11.1. The lowest BCUT2D eigenvalue weighted by molar-refractivity contribution is -0.159. The molecule has 190 valence electrons. The number of aliphatic carboxylic acids is 2. The lowest BCUT2D eigenvalue weighted by Crippen LogP contribution is -2.48. The Labute approximate surface area is 204 Å². The zero-order valence-electron chi connectivity index (χ0n) is 20.4. The molecule has 10 nitrogen and oxygen atoms in total. The molecule has 1 aliphatic heterocycles. The van der Waals surface area contributed by atoms with Crippen molar-refractivity contribution in [2.45, 2.75) is 19.9 Å². The third-order valence-electron chi connectivity index (χ3n) is 5.59. The Morgan fingerprint density at radius 3 is 1.69 bits per heavy atom. The number of methoxy groups -OCH3 is 3. The number of aryl methyl sites for hydroxylation is 1. The second kappa shape index (κ2) is 13.2. The van der Waals surface area contributed by atoms with Gasteiger partial charge in [-0.15, -0.1) is 0 Å². The van der Waals surface area contributed by atoms with Gasteiger partial charge in [0.2, 0.25) is 5.75 Å². The molecule has 0 bridgehead atoms. The highest BCUT2D eigenvalue weighted by Crippen LogP contribution is 2.38. The van der Waals surface area contributed by atoms with E-state index < -0.39 is 11.9 Å². The molecule has 2 N–H and O–H groups in total. The minimum atomic E-state index is -1.82. The molecule has 1 aliphatic rings. The van der Waals surface area contributed by atoms with Crippen LogP contribution in [0.3, 0.4) is 0 Å². The quantitative estimate of drug-likeness (QED) is 0.565. The fourth-order valence-corrected chi connectivity index (χ4v) is 3.63. The molecule has 3 rings (SSSR count). The molecular weight excluding hydrogens is 456 g/mol. The average molecular weight is 489 g/mol. The number of carbonyl (C=O) groups is 3. The lowest BCUT2D eigenvalue weighted by Gasteiger charge is -2.35. The summed E-state index contributed by atoms with van der Waals surface area (Å²) in [7, 11) is 4.66. The summed E-state index contributed by atoms with van der Waals surface area (Å²) in [6, 6.07) is 12.2. The highest BCUT2D eigenvalue weighted by atomic mass is 16.5. The van der Waals surface area contributed by atoms with Crippen LogP contribution in [0.2, 0.25) is 0 Å². The number of nitrogens with zero attached hydrogens (tertiary/aromatic N) is 2. The Balaban J connectivity index is 0.000000641. The monoisotopic (exact) mass is 488 g/mol. The molecular formula is C25H32N2O8. The van der Waals surface area contributed by atoms with Crippen LogP contribution in [0.1, 0.15) is 28.4 Å². The highest BCUT2D eigenvalue weighted by molar-refractivity contribution is 6.27. The number of amides is 1. The van der Waals surface area contributed by atoms with Crippen molar-refractivity contribution in [3.05, 3.63) is 53.1 Å². The number of hydrogen-bond donors (Lipinski definition) is 2. The lowest BCUT2D eigenvalue weighted by atomic mass is 10.1. The topological polar surface area (TPSA) is 126 Å². The van der Waals surface area contributed by atoms with E-state index in [1.165, 1.54) is 11.1 Å². The predicted molar refractivity (Wildman–Crippen MR) is 128 cm³/mol. The molecule has 1 fully saturated rings. The SMILES string of the molecule is CCc1ccc(CN2CCN(C(=O)c3cc(OC)c(OC)c(OC)c3)CC2)cc1.O=C(O)C(=O)O. The number of carboxylic acids is 2. The summed E-state index contributed by atoms with van der Waals surface area (Å²) in [6.45, 7) is 6.18. The van der Waals surface area contributed by atoms with Gasteiger partial charge in [-0.3, -0.25) is 9.69 Å². The second-order valence-corrected chi connectivity index (χ2v) is 7.76. The maximum atomic E-state index is 13.0. The van der Waals surface area contributed by atoms with Crippen molar-refractivity contribution in [2.75, 3.05) is 47.5 Å². The number of ether oxygens (including phenoxy) is 3. The number of carbonyl (C=O) groups excluding carboxylic acids is 1. The summed E-state index contributed by atoms with van der Waals surface area (Å²) in [5.41, 5.74) is 3.21. The first-order valence-corrected chi connectivity index (χ1v) is 11.1. The van der Waals surface area contributed by atoms with Crippen LogP contribution in [0.15, 0.2) is 36.4 Å². The molecule has 0 spiro atoms. The van der Waals surface area contributed by atoms with Gasteiger partial charge in [0, 0.05) is 38.3 Å². The molecule has 1 heterocycles. The molecule has 0 atom stereocenters. The second-order valence-electron chi connectivity index (χ2n) is 7.76. The van der Waals surface area contributed by atoms with Crippen molar-refractivity contribution < 1.29 is 38.8 Å². The Kier molecular flexibility index (Phi) is 10.3. The smallest absolute Gasteiger partial charge is 0.414 e. The van der Waals surface area contributed by atoms with Crippen molar-refractivity contribution in [3.8, 4) is 17.2 Å². The van der Waals surface area contributed by atoms with E-state index in [-0.39, 0.29) is 5.91 Å². The largest absolute Gasteiger partial charge is 0.493 e. The first-order chi connectivity index (χ1) is 16.7. The van der Waals surface area contributed by atoms with Crippen LogP contribution < -0.4 is 14.2 Å². The molecule has 0 aliphatic carbocycles. The van der Waals surface area contributed by atoms with E-state index in [1.807, 2.05) is 4.90 Å². The van der Waals surface area contributed by atoms with Crippen LogP contribution in [-0.2, 0) is 22.6 Å². The highest BCUT2D eigenvalue weighted by Gasteiger charge is 2.24. The maximum Gasteiger partial charge on any atom is 0.414 e. The van der Waals surface area contributed by atoms with Crippen molar-refractivity contribution in [1.82, 2.24) is 9.80 Å². The van der Waals surface area contributed by atoms with Gasteiger partial charge < -0.3 is 29.3 Å². The van der Waals surface area contributed by atoms with Gasteiger partial charge in [-0.05, 0) is 29.7 Å². The third kappa shape index (κ3) is 7.61. The Morgan fingerprint density at radius 2 is 1.29 bits per heavy atom. The van der Waals surface area contributed by atoms with E-state index in [4.69, 9.17) is 34.0 Å². The molecule has 1 saturated heterocycles. The Hall–Kier alpha value is -3.79. The van der Waals surface area contributed by atoms with E-state index in [2.05, 4.69) is 36.1 Å².